The lowest BCUT2D eigenvalue weighted by molar-refractivity contribution is -0.339. The summed E-state index contributed by atoms with van der Waals surface area (Å²) in [5.41, 5.74) is 3.66. The van der Waals surface area contributed by atoms with Gasteiger partial charge in [-0.15, -0.1) is 6.58 Å². The quantitative estimate of drug-likeness (QED) is 0.218. The average Bonchev–Trinajstić information content (AvgIpc) is 3.33. The molecule has 0 saturated carbocycles. The molecule has 38 heavy (non-hydrogen) atoms. The van der Waals surface area contributed by atoms with E-state index in [0.29, 0.717) is 12.0 Å². The second-order valence-electron chi connectivity index (χ2n) is 9.88. The number of rotatable bonds is 7. The van der Waals surface area contributed by atoms with E-state index in [1.54, 1.807) is 6.08 Å². The minimum atomic E-state index is -1.60. The molecule has 4 heterocycles. The van der Waals surface area contributed by atoms with Gasteiger partial charge >= 0.3 is 5.97 Å². The molecule has 6 N–H and O–H groups in total. The van der Waals surface area contributed by atoms with Gasteiger partial charge in [0.1, 0.15) is 24.4 Å². The Bertz CT molecular complexity index is 1190. The van der Waals surface area contributed by atoms with Crippen LogP contribution in [0.5, 0.6) is 0 Å². The molecule has 0 bridgehead atoms. The van der Waals surface area contributed by atoms with Crippen LogP contribution in [0.1, 0.15) is 23.7 Å². The molecule has 0 amide bonds. The second-order valence-corrected chi connectivity index (χ2v) is 9.88. The van der Waals surface area contributed by atoms with E-state index in [1.807, 2.05) is 18.2 Å². The predicted octanol–water partition coefficient (Wildman–Crippen LogP) is 0.393. The number of carbonyl (C=O) groups excluding carboxylic acids is 1. The fourth-order valence-corrected chi connectivity index (χ4v) is 5.74. The lowest BCUT2D eigenvalue weighted by Gasteiger charge is -2.43. The van der Waals surface area contributed by atoms with E-state index in [9.17, 15) is 25.2 Å². The molecule has 1 saturated heterocycles. The highest BCUT2D eigenvalue weighted by atomic mass is 16.8. The zero-order chi connectivity index (χ0) is 27.0. The third-order valence-corrected chi connectivity index (χ3v) is 7.77. The number of carbonyl (C=O) groups is 1. The summed E-state index contributed by atoms with van der Waals surface area (Å²) in [6.45, 7) is 4.13. The number of ether oxygens (including phenoxy) is 4. The Morgan fingerprint density at radius 1 is 1.18 bits per heavy atom. The van der Waals surface area contributed by atoms with Gasteiger partial charge in [-0.1, -0.05) is 24.3 Å². The van der Waals surface area contributed by atoms with Gasteiger partial charge in [0.25, 0.3) is 0 Å². The minimum absolute atomic E-state index is 0.113. The van der Waals surface area contributed by atoms with Crippen molar-refractivity contribution in [1.29, 1.82) is 0 Å². The molecule has 1 aromatic heterocycles. The molecule has 5 rings (SSSR count). The standard InChI is InChI=1S/C27H34N2O9/c1-3-13-16(10-19-21-15(8-9-28-19)14-6-4-5-7-18(14)29-21)17(25(34)35-2)12-36-26(13)38-27-24(33)23(32)22(31)20(11-30)37-27/h3-7,12-13,16,19-20,22-24,26-33H,1,8-11H2,2H3/t13-,16+,19+,20-,22-,23+,24-,26+,27-/m1/s1. The van der Waals surface area contributed by atoms with Crippen molar-refractivity contribution in [2.75, 3.05) is 20.3 Å². The molecule has 0 aliphatic carbocycles. The molecule has 3 aliphatic rings. The smallest absolute Gasteiger partial charge is 0.337 e. The van der Waals surface area contributed by atoms with E-state index in [4.69, 9.17) is 18.9 Å². The van der Waals surface area contributed by atoms with Crippen LogP contribution in [0.2, 0.25) is 0 Å². The van der Waals surface area contributed by atoms with Crippen LogP contribution in [0.4, 0.5) is 0 Å². The highest BCUT2D eigenvalue weighted by Gasteiger charge is 2.48. The Kier molecular flexibility index (Phi) is 7.87. The lowest BCUT2D eigenvalue weighted by atomic mass is 9.78. The van der Waals surface area contributed by atoms with Crippen LogP contribution in [0, 0.1) is 11.8 Å². The Labute approximate surface area is 219 Å². The van der Waals surface area contributed by atoms with E-state index in [2.05, 4.69) is 22.9 Å². The van der Waals surface area contributed by atoms with Crippen LogP contribution >= 0.6 is 0 Å². The van der Waals surface area contributed by atoms with Gasteiger partial charge in [-0.25, -0.2) is 4.79 Å². The molecular formula is C27H34N2O9. The van der Waals surface area contributed by atoms with Crippen molar-refractivity contribution in [3.8, 4) is 0 Å². The lowest BCUT2D eigenvalue weighted by Crippen LogP contribution is -2.60. The van der Waals surface area contributed by atoms with Crippen LogP contribution in [0.15, 0.2) is 48.8 Å². The minimum Gasteiger partial charge on any atom is -0.471 e. The summed E-state index contributed by atoms with van der Waals surface area (Å²) in [5.74, 6) is -1.56. The second kappa shape index (κ2) is 11.1. The summed E-state index contributed by atoms with van der Waals surface area (Å²) in [6.07, 6.45) is -4.03. The number of fused-ring (bicyclic) bond motifs is 3. The molecule has 3 aliphatic heterocycles. The van der Waals surface area contributed by atoms with Gasteiger partial charge in [0.15, 0.2) is 6.29 Å². The van der Waals surface area contributed by atoms with Gasteiger partial charge in [-0.05, 0) is 31.0 Å². The largest absolute Gasteiger partial charge is 0.471 e. The Hall–Kier alpha value is -2.77. The van der Waals surface area contributed by atoms with Crippen LogP contribution < -0.4 is 5.32 Å². The van der Waals surface area contributed by atoms with Crippen molar-refractivity contribution in [2.24, 2.45) is 11.8 Å². The Balaban J connectivity index is 1.43. The molecule has 0 spiro atoms. The van der Waals surface area contributed by atoms with E-state index in [1.165, 1.54) is 24.3 Å². The van der Waals surface area contributed by atoms with Gasteiger partial charge in [-0.3, -0.25) is 0 Å². The number of aromatic amines is 1. The first-order valence-electron chi connectivity index (χ1n) is 12.7. The first-order valence-corrected chi connectivity index (χ1v) is 12.7. The van der Waals surface area contributed by atoms with E-state index < -0.39 is 61.4 Å². The van der Waals surface area contributed by atoms with E-state index in [-0.39, 0.29) is 6.04 Å². The SMILES string of the molecule is C=C[C@H]1[C@H](O[C@H]2O[C@H](CO)[C@@H](O)[C@H](O)[C@H]2O)OC=C(C(=O)OC)[C@H]1C[C@@H]1NCCc2c1[nH]c1ccccc21. The Morgan fingerprint density at radius 2 is 1.97 bits per heavy atom. The van der Waals surface area contributed by atoms with Crippen LogP contribution in [0.3, 0.4) is 0 Å². The molecule has 1 aromatic carbocycles. The number of para-hydroxylation sites is 1. The first-order chi connectivity index (χ1) is 18.4. The molecule has 11 nitrogen and oxygen atoms in total. The summed E-state index contributed by atoms with van der Waals surface area (Å²) >= 11 is 0. The van der Waals surface area contributed by atoms with E-state index >= 15 is 0 Å². The number of aliphatic hydroxyl groups excluding tert-OH is 4. The molecule has 2 aromatic rings. The van der Waals surface area contributed by atoms with Gasteiger partial charge in [0.2, 0.25) is 6.29 Å². The van der Waals surface area contributed by atoms with Gasteiger partial charge in [-0.2, -0.15) is 0 Å². The summed E-state index contributed by atoms with van der Waals surface area (Å²) in [5, 5.41) is 45.0. The summed E-state index contributed by atoms with van der Waals surface area (Å²) in [7, 11) is 1.30. The number of methoxy groups -OCH3 is 1. The maximum atomic E-state index is 12.7. The topological polar surface area (TPSA) is 163 Å². The molecule has 206 valence electrons. The highest BCUT2D eigenvalue weighted by Crippen LogP contribution is 2.42. The number of aromatic nitrogens is 1. The molecule has 9 atom stereocenters. The van der Waals surface area contributed by atoms with Crippen molar-refractivity contribution < 1.29 is 44.2 Å². The monoisotopic (exact) mass is 530 g/mol. The molecule has 0 radical (unpaired) electrons. The fraction of sp³-hybridized carbons (Fsp3) is 0.519. The van der Waals surface area contributed by atoms with Crippen molar-refractivity contribution in [2.45, 2.75) is 55.9 Å². The third kappa shape index (κ3) is 4.75. The third-order valence-electron chi connectivity index (χ3n) is 7.77. The van der Waals surface area contributed by atoms with Crippen molar-refractivity contribution >= 4 is 16.9 Å². The van der Waals surface area contributed by atoms with Crippen LogP contribution in [-0.4, -0.2) is 88.6 Å². The number of hydrogen-bond acceptors (Lipinski definition) is 10. The normalized spacial score (nSPS) is 35.2. The zero-order valence-electron chi connectivity index (χ0n) is 21.0. The number of H-pyrrole nitrogens is 1. The zero-order valence-corrected chi connectivity index (χ0v) is 21.0. The van der Waals surface area contributed by atoms with Gasteiger partial charge in [0.05, 0.1) is 25.6 Å². The average molecular weight is 531 g/mol. The maximum Gasteiger partial charge on any atom is 0.337 e. The van der Waals surface area contributed by atoms with Crippen LogP contribution in [0.25, 0.3) is 10.9 Å². The van der Waals surface area contributed by atoms with Gasteiger partial charge in [0, 0.05) is 34.5 Å². The van der Waals surface area contributed by atoms with E-state index in [0.717, 1.165) is 24.2 Å². The molecule has 11 heteroatoms. The summed E-state index contributed by atoms with van der Waals surface area (Å²) in [6, 6.07) is 8.02. The summed E-state index contributed by atoms with van der Waals surface area (Å²) in [4.78, 5) is 16.3. The van der Waals surface area contributed by atoms with Crippen LogP contribution in [-0.2, 0) is 30.2 Å². The predicted molar refractivity (Wildman–Crippen MR) is 134 cm³/mol. The molecule has 0 unspecified atom stereocenters. The molecule has 1 fully saturated rings. The van der Waals surface area contributed by atoms with Gasteiger partial charge < -0.3 is 49.7 Å². The maximum absolute atomic E-state index is 12.7. The number of aliphatic hydroxyl groups is 4. The van der Waals surface area contributed by atoms with Crippen molar-refractivity contribution in [3.05, 3.63) is 60.0 Å². The fourth-order valence-electron chi connectivity index (χ4n) is 5.74. The highest BCUT2D eigenvalue weighted by molar-refractivity contribution is 5.89. The first kappa shape index (κ1) is 26.8. The van der Waals surface area contributed by atoms with Crippen molar-refractivity contribution in [3.63, 3.8) is 0 Å². The number of benzene rings is 1. The molecular weight excluding hydrogens is 496 g/mol. The number of esters is 1. The number of hydrogen-bond donors (Lipinski definition) is 6. The van der Waals surface area contributed by atoms with Crippen molar-refractivity contribution in [1.82, 2.24) is 10.3 Å². The Morgan fingerprint density at radius 3 is 2.71 bits per heavy atom. The summed E-state index contributed by atoms with van der Waals surface area (Å²) < 4.78 is 22.2. The number of nitrogens with one attached hydrogen (secondary N) is 2.